The Hall–Kier alpha value is -0.450. The number of hydrogen-bond donors (Lipinski definition) is 0. The number of nitrogens with zero attached hydrogens (tertiary/aromatic N) is 2. The van der Waals surface area contributed by atoms with Crippen molar-refractivity contribution in [3.05, 3.63) is 50.7 Å². The van der Waals surface area contributed by atoms with E-state index in [1.807, 2.05) is 30.8 Å². The molecule has 0 aliphatic rings. The van der Waals surface area contributed by atoms with E-state index in [0.29, 0.717) is 0 Å². The maximum atomic E-state index is 5.88. The minimum atomic E-state index is 0.788. The summed E-state index contributed by atoms with van der Waals surface area (Å²) in [6.45, 7) is 5.05. The van der Waals surface area contributed by atoms with Crippen LogP contribution >= 0.6 is 39.3 Å². The summed E-state index contributed by atoms with van der Waals surface area (Å²) >= 11 is 11.4. The third-order valence-corrected chi connectivity index (χ3v) is 5.17. The quantitative estimate of drug-likeness (QED) is 0.742. The van der Waals surface area contributed by atoms with E-state index in [1.165, 1.54) is 11.3 Å². The SMILES string of the molecule is CCn1nc(C)c(Br)c1CSCc1ccc(Cl)cc1. The molecule has 102 valence electrons. The lowest BCUT2D eigenvalue weighted by Gasteiger charge is -2.06. The van der Waals surface area contributed by atoms with Crippen molar-refractivity contribution in [3.63, 3.8) is 0 Å². The number of aromatic nitrogens is 2. The van der Waals surface area contributed by atoms with E-state index in [-0.39, 0.29) is 0 Å². The van der Waals surface area contributed by atoms with E-state index >= 15 is 0 Å². The van der Waals surface area contributed by atoms with Crippen molar-refractivity contribution in [2.75, 3.05) is 0 Å². The Morgan fingerprint density at radius 2 is 1.95 bits per heavy atom. The molecule has 0 aliphatic carbocycles. The molecule has 1 aromatic carbocycles. The molecule has 2 nitrogen and oxygen atoms in total. The van der Waals surface area contributed by atoms with Gasteiger partial charge >= 0.3 is 0 Å². The van der Waals surface area contributed by atoms with Gasteiger partial charge in [-0.05, 0) is 47.5 Å². The maximum absolute atomic E-state index is 5.88. The van der Waals surface area contributed by atoms with E-state index in [4.69, 9.17) is 11.6 Å². The zero-order valence-electron chi connectivity index (χ0n) is 11.0. The zero-order chi connectivity index (χ0) is 13.8. The molecule has 0 N–H and O–H groups in total. The van der Waals surface area contributed by atoms with E-state index in [1.54, 1.807) is 0 Å². The molecule has 0 bridgehead atoms. The van der Waals surface area contributed by atoms with Crippen LogP contribution < -0.4 is 0 Å². The van der Waals surface area contributed by atoms with Gasteiger partial charge in [-0.25, -0.2) is 0 Å². The lowest BCUT2D eigenvalue weighted by atomic mass is 10.2. The van der Waals surface area contributed by atoms with Gasteiger partial charge in [0.05, 0.1) is 15.9 Å². The lowest BCUT2D eigenvalue weighted by molar-refractivity contribution is 0.631. The first-order chi connectivity index (χ1) is 9.11. The highest BCUT2D eigenvalue weighted by molar-refractivity contribution is 9.10. The second kappa shape index (κ2) is 6.82. The van der Waals surface area contributed by atoms with Crippen LogP contribution in [0, 0.1) is 6.92 Å². The van der Waals surface area contributed by atoms with Gasteiger partial charge in [-0.15, -0.1) is 0 Å². The molecule has 19 heavy (non-hydrogen) atoms. The largest absolute Gasteiger partial charge is 0.268 e. The topological polar surface area (TPSA) is 17.8 Å². The highest BCUT2D eigenvalue weighted by Crippen LogP contribution is 2.26. The van der Waals surface area contributed by atoms with E-state index in [2.05, 4.69) is 44.8 Å². The average molecular weight is 360 g/mol. The standard InChI is InChI=1S/C14H16BrClN2S/c1-3-18-13(14(15)10(2)17-18)9-19-8-11-4-6-12(16)7-5-11/h4-7H,3,8-9H2,1-2H3. The highest BCUT2D eigenvalue weighted by atomic mass is 79.9. The van der Waals surface area contributed by atoms with E-state index < -0.39 is 0 Å². The Labute approximate surface area is 131 Å². The second-order valence-corrected chi connectivity index (χ2v) is 6.50. The summed E-state index contributed by atoms with van der Waals surface area (Å²) in [6.07, 6.45) is 0. The zero-order valence-corrected chi connectivity index (χ0v) is 14.1. The van der Waals surface area contributed by atoms with Crippen LogP contribution in [0.5, 0.6) is 0 Å². The molecule has 0 unspecified atom stereocenters. The van der Waals surface area contributed by atoms with Crippen LogP contribution in [0.4, 0.5) is 0 Å². The third-order valence-electron chi connectivity index (χ3n) is 2.87. The molecule has 0 fully saturated rings. The van der Waals surface area contributed by atoms with Crippen molar-refractivity contribution in [1.29, 1.82) is 0 Å². The maximum Gasteiger partial charge on any atom is 0.0739 e. The first-order valence-electron chi connectivity index (χ1n) is 6.15. The van der Waals surface area contributed by atoms with Crippen molar-refractivity contribution in [2.24, 2.45) is 0 Å². The summed E-state index contributed by atoms with van der Waals surface area (Å²) in [6, 6.07) is 8.03. The van der Waals surface area contributed by atoms with Crippen LogP contribution in [0.25, 0.3) is 0 Å². The van der Waals surface area contributed by atoms with Crippen molar-refractivity contribution < 1.29 is 0 Å². The molecular weight excluding hydrogens is 344 g/mol. The predicted molar refractivity (Wildman–Crippen MR) is 86.8 cm³/mol. The molecule has 0 amide bonds. The van der Waals surface area contributed by atoms with E-state index in [0.717, 1.165) is 33.2 Å². The van der Waals surface area contributed by atoms with Crippen LogP contribution in [0.15, 0.2) is 28.7 Å². The van der Waals surface area contributed by atoms with Gasteiger partial charge in [0.2, 0.25) is 0 Å². The Balaban J connectivity index is 1.97. The third kappa shape index (κ3) is 3.77. The van der Waals surface area contributed by atoms with Crippen molar-refractivity contribution in [2.45, 2.75) is 31.9 Å². The fourth-order valence-electron chi connectivity index (χ4n) is 1.85. The first-order valence-corrected chi connectivity index (χ1v) is 8.48. The molecule has 0 atom stereocenters. The number of rotatable bonds is 5. The normalized spacial score (nSPS) is 10.9. The van der Waals surface area contributed by atoms with Crippen LogP contribution in [-0.4, -0.2) is 9.78 Å². The minimum Gasteiger partial charge on any atom is -0.268 e. The number of benzene rings is 1. The Morgan fingerprint density at radius 1 is 1.26 bits per heavy atom. The number of hydrogen-bond acceptors (Lipinski definition) is 2. The lowest BCUT2D eigenvalue weighted by Crippen LogP contribution is -2.01. The molecule has 2 rings (SSSR count). The molecule has 1 heterocycles. The van der Waals surface area contributed by atoms with Crippen LogP contribution in [0.2, 0.25) is 5.02 Å². The van der Waals surface area contributed by atoms with Gasteiger partial charge in [0.15, 0.2) is 0 Å². The second-order valence-electron chi connectivity index (χ2n) is 4.28. The first kappa shape index (κ1) is 14.9. The highest BCUT2D eigenvalue weighted by Gasteiger charge is 2.11. The van der Waals surface area contributed by atoms with Gasteiger partial charge in [0.1, 0.15) is 0 Å². The fourth-order valence-corrected chi connectivity index (χ4v) is 3.61. The summed E-state index contributed by atoms with van der Waals surface area (Å²) in [4.78, 5) is 0. The summed E-state index contributed by atoms with van der Waals surface area (Å²) < 4.78 is 3.20. The molecule has 0 saturated heterocycles. The number of aryl methyl sites for hydroxylation is 2. The Kier molecular flexibility index (Phi) is 5.37. The molecule has 0 spiro atoms. The summed E-state index contributed by atoms with van der Waals surface area (Å²) in [5.74, 6) is 1.94. The summed E-state index contributed by atoms with van der Waals surface area (Å²) in [7, 11) is 0. The summed E-state index contributed by atoms with van der Waals surface area (Å²) in [5.41, 5.74) is 3.62. The molecule has 5 heteroatoms. The number of thioether (sulfide) groups is 1. The summed E-state index contributed by atoms with van der Waals surface area (Å²) in [5, 5.41) is 5.29. The van der Waals surface area contributed by atoms with Crippen molar-refractivity contribution >= 4 is 39.3 Å². The average Bonchev–Trinajstić information content (AvgIpc) is 2.68. The van der Waals surface area contributed by atoms with Crippen molar-refractivity contribution in [3.8, 4) is 0 Å². The monoisotopic (exact) mass is 358 g/mol. The molecule has 0 saturated carbocycles. The van der Waals surface area contributed by atoms with Gasteiger partial charge in [0, 0.05) is 23.1 Å². The molecule has 1 aromatic heterocycles. The molecular formula is C14H16BrClN2S. The number of halogens is 2. The molecule has 0 aliphatic heterocycles. The molecule has 2 aromatic rings. The Morgan fingerprint density at radius 3 is 2.58 bits per heavy atom. The smallest absolute Gasteiger partial charge is 0.0739 e. The van der Waals surface area contributed by atoms with Gasteiger partial charge < -0.3 is 0 Å². The van der Waals surface area contributed by atoms with Crippen LogP contribution in [0.3, 0.4) is 0 Å². The van der Waals surface area contributed by atoms with Gasteiger partial charge in [0.25, 0.3) is 0 Å². The van der Waals surface area contributed by atoms with Gasteiger partial charge in [-0.1, -0.05) is 23.7 Å². The van der Waals surface area contributed by atoms with Crippen LogP contribution in [-0.2, 0) is 18.1 Å². The minimum absolute atomic E-state index is 0.788. The molecule has 0 radical (unpaired) electrons. The van der Waals surface area contributed by atoms with Crippen molar-refractivity contribution in [1.82, 2.24) is 9.78 Å². The van der Waals surface area contributed by atoms with Gasteiger partial charge in [-0.3, -0.25) is 4.68 Å². The Bertz CT molecular complexity index is 551. The predicted octanol–water partition coefficient (Wildman–Crippen LogP) is 5.06. The van der Waals surface area contributed by atoms with Gasteiger partial charge in [-0.2, -0.15) is 16.9 Å². The van der Waals surface area contributed by atoms with Crippen LogP contribution in [0.1, 0.15) is 23.9 Å². The van der Waals surface area contributed by atoms with E-state index in [9.17, 15) is 0 Å². The fraction of sp³-hybridized carbons (Fsp3) is 0.357.